The minimum Gasteiger partial charge on any atom is -0.212 e. The molecule has 1 saturated carbocycles. The van der Waals surface area contributed by atoms with Gasteiger partial charge in [-0.25, -0.2) is 8.42 Å². The number of sulfonamides is 1. The van der Waals surface area contributed by atoms with Gasteiger partial charge in [0.25, 0.3) is 0 Å². The average Bonchev–Trinajstić information content (AvgIpc) is 2.62. The Morgan fingerprint density at radius 2 is 1.76 bits per heavy atom. The van der Waals surface area contributed by atoms with E-state index in [4.69, 9.17) is 0 Å². The highest BCUT2D eigenvalue weighted by Gasteiger charge is 2.44. The van der Waals surface area contributed by atoms with Gasteiger partial charge in [0.1, 0.15) is 0 Å². The second-order valence-corrected chi connectivity index (χ2v) is 7.72. The van der Waals surface area contributed by atoms with E-state index >= 15 is 0 Å². The Balaban J connectivity index is 1.85. The van der Waals surface area contributed by atoms with Gasteiger partial charge in [0.05, 0.1) is 5.25 Å². The number of hydrogen-bond donors (Lipinski definition) is 0. The van der Waals surface area contributed by atoms with Crippen molar-refractivity contribution in [3.63, 3.8) is 0 Å². The lowest BCUT2D eigenvalue weighted by Gasteiger charge is -2.35. The summed E-state index contributed by atoms with van der Waals surface area (Å²) in [7, 11) is -3.04. The summed E-state index contributed by atoms with van der Waals surface area (Å²) in [6, 6.07) is 0.428. The molecule has 3 aliphatic rings. The van der Waals surface area contributed by atoms with Crippen LogP contribution in [0.4, 0.5) is 0 Å². The Morgan fingerprint density at radius 1 is 1.00 bits per heavy atom. The molecule has 2 heterocycles. The van der Waals surface area contributed by atoms with Gasteiger partial charge in [-0.1, -0.05) is 31.4 Å². The van der Waals surface area contributed by atoms with E-state index in [2.05, 4.69) is 12.2 Å². The Morgan fingerprint density at radius 3 is 2.47 bits per heavy atom. The first-order chi connectivity index (χ1) is 8.19. The monoisotopic (exact) mass is 255 g/mol. The standard InChI is InChI=1S/C13H21NO2S/c15-17(16,13-7-2-1-3-8-13)14-11-5-4-6-12(14)10-9-11/h4-5,11-13H,1-3,6-10H2. The Bertz CT molecular complexity index is 409. The van der Waals surface area contributed by atoms with E-state index < -0.39 is 10.0 Å². The van der Waals surface area contributed by atoms with Crippen LogP contribution in [0.3, 0.4) is 0 Å². The molecule has 0 spiro atoms. The van der Waals surface area contributed by atoms with Crippen LogP contribution in [0.15, 0.2) is 12.2 Å². The maximum atomic E-state index is 12.7. The van der Waals surface area contributed by atoms with Crippen LogP contribution in [0.25, 0.3) is 0 Å². The van der Waals surface area contributed by atoms with Crippen molar-refractivity contribution < 1.29 is 8.42 Å². The van der Waals surface area contributed by atoms with E-state index in [1.807, 2.05) is 4.31 Å². The Kier molecular flexibility index (Phi) is 3.03. The average molecular weight is 255 g/mol. The molecule has 1 aliphatic carbocycles. The molecule has 2 unspecified atom stereocenters. The van der Waals surface area contributed by atoms with E-state index in [1.54, 1.807) is 0 Å². The summed E-state index contributed by atoms with van der Waals surface area (Å²) in [4.78, 5) is 0. The zero-order valence-electron chi connectivity index (χ0n) is 10.2. The summed E-state index contributed by atoms with van der Waals surface area (Å²) in [5, 5.41) is -0.0918. The summed E-state index contributed by atoms with van der Waals surface area (Å²) >= 11 is 0. The van der Waals surface area contributed by atoms with Gasteiger partial charge in [-0.3, -0.25) is 0 Å². The summed E-state index contributed by atoms with van der Waals surface area (Å²) < 4.78 is 27.2. The molecular formula is C13H21NO2S. The van der Waals surface area contributed by atoms with Gasteiger partial charge in [0, 0.05) is 12.1 Å². The van der Waals surface area contributed by atoms with Gasteiger partial charge in [-0.05, 0) is 32.1 Å². The van der Waals surface area contributed by atoms with Crippen molar-refractivity contribution in [2.24, 2.45) is 0 Å². The van der Waals surface area contributed by atoms with Crippen LogP contribution < -0.4 is 0 Å². The third-order valence-electron chi connectivity index (χ3n) is 4.52. The third-order valence-corrected chi connectivity index (χ3v) is 6.99. The molecule has 3 rings (SSSR count). The lowest BCUT2D eigenvalue weighted by molar-refractivity contribution is 0.328. The molecule has 17 heavy (non-hydrogen) atoms. The van der Waals surface area contributed by atoms with Crippen molar-refractivity contribution in [2.75, 3.05) is 0 Å². The largest absolute Gasteiger partial charge is 0.217 e. The van der Waals surface area contributed by atoms with E-state index in [-0.39, 0.29) is 17.3 Å². The van der Waals surface area contributed by atoms with Crippen LogP contribution in [-0.4, -0.2) is 30.1 Å². The van der Waals surface area contributed by atoms with Crippen LogP contribution in [0.5, 0.6) is 0 Å². The molecule has 1 saturated heterocycles. The maximum Gasteiger partial charge on any atom is 0.217 e. The number of fused-ring (bicyclic) bond motifs is 2. The highest BCUT2D eigenvalue weighted by molar-refractivity contribution is 7.89. The fourth-order valence-electron chi connectivity index (χ4n) is 3.62. The van der Waals surface area contributed by atoms with Crippen molar-refractivity contribution in [3.8, 4) is 0 Å². The van der Waals surface area contributed by atoms with Gasteiger partial charge < -0.3 is 0 Å². The zero-order valence-corrected chi connectivity index (χ0v) is 11.0. The Hall–Kier alpha value is -0.350. The molecule has 96 valence electrons. The number of nitrogens with zero attached hydrogens (tertiary/aromatic N) is 1. The minimum absolute atomic E-state index is 0.0918. The van der Waals surface area contributed by atoms with Gasteiger partial charge in [0.15, 0.2) is 0 Å². The highest BCUT2D eigenvalue weighted by atomic mass is 32.2. The van der Waals surface area contributed by atoms with Gasteiger partial charge in [0.2, 0.25) is 10.0 Å². The first-order valence-electron chi connectivity index (χ1n) is 6.88. The Labute approximate surface area is 104 Å². The second kappa shape index (κ2) is 4.39. The van der Waals surface area contributed by atoms with Crippen molar-refractivity contribution >= 4 is 10.0 Å². The predicted octanol–water partition coefficient (Wildman–Crippen LogP) is 2.44. The first kappa shape index (κ1) is 11.7. The van der Waals surface area contributed by atoms with E-state index in [1.165, 1.54) is 6.42 Å². The van der Waals surface area contributed by atoms with E-state index in [0.29, 0.717) is 0 Å². The molecule has 2 atom stereocenters. The zero-order chi connectivity index (χ0) is 11.9. The molecule has 2 bridgehead atoms. The molecule has 0 N–H and O–H groups in total. The van der Waals surface area contributed by atoms with Gasteiger partial charge in [-0.15, -0.1) is 0 Å². The molecule has 0 amide bonds. The minimum atomic E-state index is -3.04. The van der Waals surface area contributed by atoms with Crippen molar-refractivity contribution in [1.29, 1.82) is 0 Å². The van der Waals surface area contributed by atoms with Crippen molar-refractivity contribution in [3.05, 3.63) is 12.2 Å². The van der Waals surface area contributed by atoms with Crippen LogP contribution in [-0.2, 0) is 10.0 Å². The van der Waals surface area contributed by atoms with Gasteiger partial charge in [-0.2, -0.15) is 4.31 Å². The van der Waals surface area contributed by atoms with Crippen molar-refractivity contribution in [2.45, 2.75) is 68.7 Å². The third kappa shape index (κ3) is 1.95. The molecule has 2 fully saturated rings. The molecule has 2 aliphatic heterocycles. The van der Waals surface area contributed by atoms with Crippen molar-refractivity contribution in [1.82, 2.24) is 4.31 Å². The van der Waals surface area contributed by atoms with E-state index in [0.717, 1.165) is 44.9 Å². The molecule has 0 aromatic carbocycles. The quantitative estimate of drug-likeness (QED) is 0.711. The topological polar surface area (TPSA) is 37.4 Å². The smallest absolute Gasteiger partial charge is 0.212 e. The lowest BCUT2D eigenvalue weighted by Crippen LogP contribution is -2.47. The van der Waals surface area contributed by atoms with Gasteiger partial charge >= 0.3 is 0 Å². The molecular weight excluding hydrogens is 234 g/mol. The number of hydrogen-bond acceptors (Lipinski definition) is 2. The van der Waals surface area contributed by atoms with Crippen LogP contribution in [0, 0.1) is 0 Å². The fourth-order valence-corrected chi connectivity index (χ4v) is 6.05. The van der Waals surface area contributed by atoms with Crippen LogP contribution in [0.2, 0.25) is 0 Å². The maximum absolute atomic E-state index is 12.7. The summed E-state index contributed by atoms with van der Waals surface area (Å²) in [6.07, 6.45) is 12.4. The van der Waals surface area contributed by atoms with Crippen LogP contribution in [0.1, 0.15) is 51.4 Å². The summed E-state index contributed by atoms with van der Waals surface area (Å²) in [5.41, 5.74) is 0. The molecule has 0 aromatic rings. The second-order valence-electron chi connectivity index (χ2n) is 5.60. The summed E-state index contributed by atoms with van der Waals surface area (Å²) in [5.74, 6) is 0. The van der Waals surface area contributed by atoms with E-state index in [9.17, 15) is 8.42 Å². The predicted molar refractivity (Wildman–Crippen MR) is 68.2 cm³/mol. The lowest BCUT2D eigenvalue weighted by atomic mass is 10.0. The first-order valence-corrected chi connectivity index (χ1v) is 8.39. The molecule has 4 heteroatoms. The molecule has 3 nitrogen and oxygen atoms in total. The van der Waals surface area contributed by atoms with Crippen LogP contribution >= 0.6 is 0 Å². The molecule has 0 aromatic heterocycles. The highest BCUT2D eigenvalue weighted by Crippen LogP contribution is 2.37. The number of rotatable bonds is 2. The molecule has 0 radical (unpaired) electrons. The summed E-state index contributed by atoms with van der Waals surface area (Å²) in [6.45, 7) is 0. The normalized spacial score (nSPS) is 35.3. The SMILES string of the molecule is O=S(=O)(C1CCCCC1)N1C2C=CCC1CC2. The fraction of sp³-hybridized carbons (Fsp3) is 0.846.